The minimum Gasteiger partial charge on any atom is -0.313 e. The zero-order valence-corrected chi connectivity index (χ0v) is 11.1. The largest absolute Gasteiger partial charge is 0.313 e. The van der Waals surface area contributed by atoms with E-state index in [-0.39, 0.29) is 0 Å². The molecule has 2 unspecified atom stereocenters. The van der Waals surface area contributed by atoms with Gasteiger partial charge in [-0.15, -0.1) is 0 Å². The first-order valence-corrected chi connectivity index (χ1v) is 6.83. The minimum atomic E-state index is 0.534. The maximum atomic E-state index is 3.71. The third-order valence-electron chi connectivity index (χ3n) is 3.79. The average molecular weight is 211 g/mol. The maximum absolute atomic E-state index is 3.71. The van der Waals surface area contributed by atoms with Crippen LogP contribution in [0.1, 0.15) is 66.2 Å². The summed E-state index contributed by atoms with van der Waals surface area (Å²) >= 11 is 0. The van der Waals surface area contributed by atoms with E-state index in [1.54, 1.807) is 0 Å². The molecule has 1 fully saturated rings. The van der Waals surface area contributed by atoms with Crippen LogP contribution < -0.4 is 5.32 Å². The Bertz CT molecular complexity index is 174. The van der Waals surface area contributed by atoms with Crippen molar-refractivity contribution in [1.82, 2.24) is 5.32 Å². The number of nitrogens with one attached hydrogen (secondary N) is 1. The van der Waals surface area contributed by atoms with Gasteiger partial charge in [-0.25, -0.2) is 0 Å². The molecule has 2 atom stereocenters. The van der Waals surface area contributed by atoms with Gasteiger partial charge in [0.05, 0.1) is 0 Å². The van der Waals surface area contributed by atoms with E-state index in [1.807, 2.05) is 0 Å². The molecule has 0 saturated heterocycles. The molecule has 1 saturated carbocycles. The molecule has 1 N–H and O–H groups in total. The first kappa shape index (κ1) is 13.0. The average Bonchev–Trinajstić information content (AvgIpc) is 2.98. The Morgan fingerprint density at radius 1 is 1.33 bits per heavy atom. The predicted octanol–water partition coefficient (Wildman–Crippen LogP) is 3.98. The second kappa shape index (κ2) is 5.89. The van der Waals surface area contributed by atoms with Crippen molar-refractivity contribution in [2.45, 2.75) is 72.3 Å². The van der Waals surface area contributed by atoms with Gasteiger partial charge in [0.1, 0.15) is 0 Å². The minimum absolute atomic E-state index is 0.534. The topological polar surface area (TPSA) is 12.0 Å². The van der Waals surface area contributed by atoms with E-state index >= 15 is 0 Å². The highest BCUT2D eigenvalue weighted by Gasteiger charge is 2.28. The van der Waals surface area contributed by atoms with Crippen molar-refractivity contribution in [2.24, 2.45) is 11.3 Å². The molecule has 0 amide bonds. The van der Waals surface area contributed by atoms with Gasteiger partial charge >= 0.3 is 0 Å². The molecule has 0 aromatic rings. The molecule has 0 aliphatic heterocycles. The highest BCUT2D eigenvalue weighted by Crippen LogP contribution is 2.33. The lowest BCUT2D eigenvalue weighted by molar-refractivity contribution is 0.213. The molecule has 15 heavy (non-hydrogen) atoms. The van der Waals surface area contributed by atoms with Crippen LogP contribution in [-0.2, 0) is 0 Å². The van der Waals surface area contributed by atoms with Gasteiger partial charge in [-0.05, 0) is 37.0 Å². The molecule has 1 rings (SSSR count). The van der Waals surface area contributed by atoms with E-state index in [1.165, 1.54) is 45.1 Å². The lowest BCUT2D eigenvalue weighted by Gasteiger charge is -2.32. The molecule has 0 bridgehead atoms. The van der Waals surface area contributed by atoms with Crippen LogP contribution in [-0.4, -0.2) is 12.6 Å². The summed E-state index contributed by atoms with van der Waals surface area (Å²) in [5.41, 5.74) is 0.534. The fourth-order valence-electron chi connectivity index (χ4n) is 2.53. The molecular formula is C14H29N. The lowest BCUT2D eigenvalue weighted by Crippen LogP contribution is -2.34. The Hall–Kier alpha value is -0.0400. The molecule has 90 valence electrons. The van der Waals surface area contributed by atoms with E-state index < -0.39 is 0 Å². The molecule has 1 aliphatic carbocycles. The zero-order chi connectivity index (χ0) is 11.3. The Balaban J connectivity index is 2.35. The Kier molecular flexibility index (Phi) is 5.11. The molecule has 0 heterocycles. The van der Waals surface area contributed by atoms with Gasteiger partial charge in [-0.1, -0.05) is 40.5 Å². The molecular weight excluding hydrogens is 182 g/mol. The Morgan fingerprint density at radius 2 is 2.00 bits per heavy atom. The normalized spacial score (nSPS) is 22.4. The van der Waals surface area contributed by atoms with Gasteiger partial charge in [-0.2, -0.15) is 0 Å². The molecule has 1 heteroatoms. The van der Waals surface area contributed by atoms with Crippen LogP contribution in [0.25, 0.3) is 0 Å². The van der Waals surface area contributed by atoms with Gasteiger partial charge in [0.15, 0.2) is 0 Å². The quantitative estimate of drug-likeness (QED) is 0.640. The molecule has 0 spiro atoms. The Labute approximate surface area is 96.0 Å². The standard InChI is InChI=1S/C14H29N/c1-5-9-14(4,10-12(3)6-2)11-15-13-7-8-13/h12-13,15H,5-11H2,1-4H3. The van der Waals surface area contributed by atoms with Crippen LogP contribution in [0.5, 0.6) is 0 Å². The maximum Gasteiger partial charge on any atom is 0.00684 e. The van der Waals surface area contributed by atoms with E-state index in [9.17, 15) is 0 Å². The van der Waals surface area contributed by atoms with Crippen molar-refractivity contribution in [3.05, 3.63) is 0 Å². The summed E-state index contributed by atoms with van der Waals surface area (Å²) in [5.74, 6) is 0.877. The van der Waals surface area contributed by atoms with Gasteiger partial charge in [0.2, 0.25) is 0 Å². The predicted molar refractivity (Wildman–Crippen MR) is 68.1 cm³/mol. The molecule has 1 nitrogen and oxygen atoms in total. The summed E-state index contributed by atoms with van der Waals surface area (Å²) in [5, 5.41) is 3.71. The van der Waals surface area contributed by atoms with Gasteiger partial charge in [0, 0.05) is 12.6 Å². The number of rotatable bonds is 8. The van der Waals surface area contributed by atoms with Crippen molar-refractivity contribution in [3.8, 4) is 0 Å². The summed E-state index contributed by atoms with van der Waals surface area (Å²) in [6, 6.07) is 0.859. The summed E-state index contributed by atoms with van der Waals surface area (Å²) < 4.78 is 0. The first-order chi connectivity index (χ1) is 7.09. The zero-order valence-electron chi connectivity index (χ0n) is 11.1. The van der Waals surface area contributed by atoms with Crippen molar-refractivity contribution < 1.29 is 0 Å². The highest BCUT2D eigenvalue weighted by molar-refractivity contribution is 4.86. The summed E-state index contributed by atoms with van der Waals surface area (Å²) in [6.07, 6.45) is 8.22. The van der Waals surface area contributed by atoms with Crippen LogP contribution in [0, 0.1) is 11.3 Å². The van der Waals surface area contributed by atoms with E-state index in [2.05, 4.69) is 33.0 Å². The van der Waals surface area contributed by atoms with Crippen molar-refractivity contribution in [3.63, 3.8) is 0 Å². The third-order valence-corrected chi connectivity index (χ3v) is 3.79. The van der Waals surface area contributed by atoms with Crippen LogP contribution >= 0.6 is 0 Å². The van der Waals surface area contributed by atoms with Crippen LogP contribution in [0.2, 0.25) is 0 Å². The number of hydrogen-bond acceptors (Lipinski definition) is 1. The van der Waals surface area contributed by atoms with Gasteiger partial charge < -0.3 is 5.32 Å². The number of hydrogen-bond donors (Lipinski definition) is 1. The van der Waals surface area contributed by atoms with Crippen molar-refractivity contribution >= 4 is 0 Å². The first-order valence-electron chi connectivity index (χ1n) is 6.83. The summed E-state index contributed by atoms with van der Waals surface area (Å²) in [4.78, 5) is 0. The second-order valence-electron chi connectivity index (χ2n) is 5.93. The molecule has 0 aromatic heterocycles. The molecule has 1 aliphatic rings. The third kappa shape index (κ3) is 5.01. The highest BCUT2D eigenvalue weighted by atomic mass is 15.0. The molecule has 0 aromatic carbocycles. The van der Waals surface area contributed by atoms with Gasteiger partial charge in [0.25, 0.3) is 0 Å². The second-order valence-corrected chi connectivity index (χ2v) is 5.93. The van der Waals surface area contributed by atoms with E-state index in [0.717, 1.165) is 12.0 Å². The van der Waals surface area contributed by atoms with Crippen LogP contribution in [0.3, 0.4) is 0 Å². The van der Waals surface area contributed by atoms with Gasteiger partial charge in [-0.3, -0.25) is 0 Å². The SMILES string of the molecule is CCCC(C)(CNC1CC1)CC(C)CC. The van der Waals surface area contributed by atoms with E-state index in [0.29, 0.717) is 5.41 Å². The molecule has 0 radical (unpaired) electrons. The lowest BCUT2D eigenvalue weighted by atomic mass is 9.77. The van der Waals surface area contributed by atoms with E-state index in [4.69, 9.17) is 0 Å². The fourth-order valence-corrected chi connectivity index (χ4v) is 2.53. The van der Waals surface area contributed by atoms with Crippen molar-refractivity contribution in [2.75, 3.05) is 6.54 Å². The van der Waals surface area contributed by atoms with Crippen LogP contribution in [0.4, 0.5) is 0 Å². The van der Waals surface area contributed by atoms with Crippen LogP contribution in [0.15, 0.2) is 0 Å². The summed E-state index contributed by atoms with van der Waals surface area (Å²) in [7, 11) is 0. The van der Waals surface area contributed by atoms with Crippen molar-refractivity contribution in [1.29, 1.82) is 0 Å². The monoisotopic (exact) mass is 211 g/mol. The summed E-state index contributed by atoms with van der Waals surface area (Å²) in [6.45, 7) is 10.7. The smallest absolute Gasteiger partial charge is 0.00684 e. The Morgan fingerprint density at radius 3 is 2.47 bits per heavy atom. The fraction of sp³-hybridized carbons (Fsp3) is 1.00.